The highest BCUT2D eigenvalue weighted by Gasteiger charge is 2.35. The molecule has 0 saturated carbocycles. The van der Waals surface area contributed by atoms with E-state index in [1.807, 2.05) is 18.2 Å². The number of nitrogens with one attached hydrogen (secondary N) is 1. The van der Waals surface area contributed by atoms with Gasteiger partial charge in [-0.05, 0) is 25.0 Å². The van der Waals surface area contributed by atoms with Crippen molar-refractivity contribution in [2.24, 2.45) is 0 Å². The van der Waals surface area contributed by atoms with Crippen LogP contribution < -0.4 is 19.9 Å². The van der Waals surface area contributed by atoms with Gasteiger partial charge in [-0.1, -0.05) is 0 Å². The highest BCUT2D eigenvalue weighted by molar-refractivity contribution is 5.90. The van der Waals surface area contributed by atoms with Crippen LogP contribution in [0.1, 0.15) is 12.8 Å². The molecule has 3 aliphatic rings. The molecule has 1 aromatic carbocycles. The van der Waals surface area contributed by atoms with E-state index in [9.17, 15) is 9.59 Å². The van der Waals surface area contributed by atoms with Crippen molar-refractivity contribution in [2.75, 3.05) is 36.0 Å². The number of benzene rings is 1. The minimum Gasteiger partial charge on any atom is -0.489 e. The van der Waals surface area contributed by atoms with Crippen LogP contribution in [0.15, 0.2) is 18.2 Å². The summed E-state index contributed by atoms with van der Waals surface area (Å²) in [6.07, 6.45) is 2.25. The third kappa shape index (κ3) is 2.46. The van der Waals surface area contributed by atoms with Crippen LogP contribution in [-0.2, 0) is 9.53 Å². The first kappa shape index (κ1) is 14.2. The van der Waals surface area contributed by atoms with Gasteiger partial charge in [0.05, 0.1) is 30.5 Å². The molecule has 3 heterocycles. The van der Waals surface area contributed by atoms with E-state index in [-0.39, 0.29) is 6.10 Å². The highest BCUT2D eigenvalue weighted by atomic mass is 16.6. The summed E-state index contributed by atoms with van der Waals surface area (Å²) >= 11 is 0. The second kappa shape index (κ2) is 5.64. The van der Waals surface area contributed by atoms with E-state index >= 15 is 0 Å². The van der Waals surface area contributed by atoms with Crippen molar-refractivity contribution < 1.29 is 19.1 Å². The zero-order chi connectivity index (χ0) is 15.8. The summed E-state index contributed by atoms with van der Waals surface area (Å²) in [5.74, 6) is 0.822. The Hall–Kier alpha value is -2.44. The molecule has 1 aromatic rings. The topological polar surface area (TPSA) is 71.1 Å². The fourth-order valence-corrected chi connectivity index (χ4v) is 3.55. The lowest BCUT2D eigenvalue weighted by Gasteiger charge is -2.34. The molecule has 122 valence electrons. The van der Waals surface area contributed by atoms with Crippen LogP contribution in [0.25, 0.3) is 0 Å². The van der Waals surface area contributed by atoms with Gasteiger partial charge in [0, 0.05) is 12.6 Å². The van der Waals surface area contributed by atoms with Crippen molar-refractivity contribution in [3.8, 4) is 5.75 Å². The van der Waals surface area contributed by atoms with Gasteiger partial charge in [-0.2, -0.15) is 0 Å². The Morgan fingerprint density at radius 3 is 3.17 bits per heavy atom. The van der Waals surface area contributed by atoms with Crippen molar-refractivity contribution >= 4 is 23.9 Å². The number of anilines is 2. The minimum absolute atomic E-state index is 0.322. The first-order chi connectivity index (χ1) is 11.3. The summed E-state index contributed by atoms with van der Waals surface area (Å²) in [7, 11) is 0. The first-order valence-corrected chi connectivity index (χ1v) is 7.95. The third-order valence-corrected chi connectivity index (χ3v) is 4.68. The SMILES string of the molecule is O=CNC[C@H]1CN(c2ccc3c(c2)OC[C@@H]2CCCN32)C(=O)O1. The molecule has 0 radical (unpaired) electrons. The lowest BCUT2D eigenvalue weighted by atomic mass is 10.1. The van der Waals surface area contributed by atoms with Crippen LogP contribution in [0.5, 0.6) is 5.75 Å². The van der Waals surface area contributed by atoms with Crippen molar-refractivity contribution in [3.63, 3.8) is 0 Å². The van der Waals surface area contributed by atoms with Crippen molar-refractivity contribution in [3.05, 3.63) is 18.2 Å². The van der Waals surface area contributed by atoms with Crippen LogP contribution in [0.3, 0.4) is 0 Å². The number of carbonyl (C=O) groups excluding carboxylic acids is 2. The van der Waals surface area contributed by atoms with Gasteiger partial charge in [-0.3, -0.25) is 9.69 Å². The predicted octanol–water partition coefficient (Wildman–Crippen LogP) is 1.12. The van der Waals surface area contributed by atoms with Crippen molar-refractivity contribution in [2.45, 2.75) is 25.0 Å². The van der Waals surface area contributed by atoms with Gasteiger partial charge in [0.2, 0.25) is 6.41 Å². The number of fused-ring (bicyclic) bond motifs is 3. The standard InChI is InChI=1S/C16H19N3O4/c20-10-17-7-13-8-19(16(21)23-13)11-3-4-14-15(6-11)22-9-12-2-1-5-18(12)14/h3-4,6,10,12-13H,1-2,5,7-9H2,(H,17,20)/t12-,13-/m0/s1. The van der Waals surface area contributed by atoms with Crippen LogP contribution in [-0.4, -0.2) is 50.9 Å². The molecule has 0 bridgehead atoms. The molecule has 0 spiro atoms. The zero-order valence-electron chi connectivity index (χ0n) is 12.7. The minimum atomic E-state index is -0.391. The summed E-state index contributed by atoms with van der Waals surface area (Å²) < 4.78 is 11.1. The summed E-state index contributed by atoms with van der Waals surface area (Å²) in [6, 6.07) is 6.33. The molecule has 1 N–H and O–H groups in total. The molecular formula is C16H19N3O4. The molecule has 3 aliphatic heterocycles. The Kier molecular flexibility index (Phi) is 3.48. The quantitative estimate of drug-likeness (QED) is 0.843. The molecule has 7 nitrogen and oxygen atoms in total. The number of ether oxygens (including phenoxy) is 2. The summed E-state index contributed by atoms with van der Waals surface area (Å²) in [4.78, 5) is 26.4. The number of rotatable bonds is 4. The molecule has 23 heavy (non-hydrogen) atoms. The van der Waals surface area contributed by atoms with Gasteiger partial charge in [0.1, 0.15) is 18.5 Å². The van der Waals surface area contributed by atoms with Crippen LogP contribution in [0.2, 0.25) is 0 Å². The molecule has 0 unspecified atom stereocenters. The van der Waals surface area contributed by atoms with Crippen LogP contribution in [0.4, 0.5) is 16.2 Å². The number of hydrogen-bond acceptors (Lipinski definition) is 5. The molecular weight excluding hydrogens is 298 g/mol. The largest absolute Gasteiger partial charge is 0.489 e. The second-order valence-electron chi connectivity index (χ2n) is 6.09. The van der Waals surface area contributed by atoms with Crippen LogP contribution >= 0.6 is 0 Å². The van der Waals surface area contributed by atoms with Gasteiger partial charge < -0.3 is 19.7 Å². The van der Waals surface area contributed by atoms with Crippen molar-refractivity contribution in [1.29, 1.82) is 0 Å². The van der Waals surface area contributed by atoms with Crippen LogP contribution in [0, 0.1) is 0 Å². The Balaban J connectivity index is 1.54. The monoisotopic (exact) mass is 317 g/mol. The van der Waals surface area contributed by atoms with E-state index in [4.69, 9.17) is 9.47 Å². The van der Waals surface area contributed by atoms with E-state index in [0.717, 1.165) is 23.7 Å². The van der Waals surface area contributed by atoms with Gasteiger partial charge >= 0.3 is 6.09 Å². The Morgan fingerprint density at radius 1 is 1.39 bits per heavy atom. The highest BCUT2D eigenvalue weighted by Crippen LogP contribution is 2.40. The zero-order valence-corrected chi connectivity index (χ0v) is 12.7. The fourth-order valence-electron chi connectivity index (χ4n) is 3.55. The smallest absolute Gasteiger partial charge is 0.414 e. The van der Waals surface area contributed by atoms with Gasteiger partial charge in [-0.25, -0.2) is 4.79 Å². The molecule has 2 saturated heterocycles. The van der Waals surface area contributed by atoms with E-state index in [2.05, 4.69) is 10.2 Å². The molecule has 2 atom stereocenters. The summed E-state index contributed by atoms with van der Waals surface area (Å²) in [6.45, 7) is 2.51. The van der Waals surface area contributed by atoms with Gasteiger partial charge in [-0.15, -0.1) is 0 Å². The van der Waals surface area contributed by atoms with E-state index in [1.165, 1.54) is 12.8 Å². The number of nitrogens with zero attached hydrogens (tertiary/aromatic N) is 2. The molecule has 2 amide bonds. The normalized spacial score (nSPS) is 25.5. The number of cyclic esters (lactones) is 1. The fraction of sp³-hybridized carbons (Fsp3) is 0.500. The van der Waals surface area contributed by atoms with Crippen molar-refractivity contribution in [1.82, 2.24) is 5.32 Å². The molecule has 4 rings (SSSR count). The lowest BCUT2D eigenvalue weighted by Crippen LogP contribution is -2.38. The first-order valence-electron chi connectivity index (χ1n) is 7.95. The lowest BCUT2D eigenvalue weighted by molar-refractivity contribution is -0.109. The Labute approximate surface area is 134 Å². The van der Waals surface area contributed by atoms with E-state index < -0.39 is 6.09 Å². The summed E-state index contributed by atoms with van der Waals surface area (Å²) in [5.41, 5.74) is 1.87. The molecule has 2 fully saturated rings. The number of amides is 2. The number of carbonyl (C=O) groups is 2. The molecule has 7 heteroatoms. The second-order valence-corrected chi connectivity index (χ2v) is 6.09. The maximum atomic E-state index is 12.0. The predicted molar refractivity (Wildman–Crippen MR) is 84.0 cm³/mol. The maximum absolute atomic E-state index is 12.0. The molecule has 0 aromatic heterocycles. The third-order valence-electron chi connectivity index (χ3n) is 4.68. The van der Waals surface area contributed by atoms with E-state index in [1.54, 1.807) is 4.90 Å². The molecule has 0 aliphatic carbocycles. The van der Waals surface area contributed by atoms with Gasteiger partial charge in [0.15, 0.2) is 0 Å². The maximum Gasteiger partial charge on any atom is 0.414 e. The number of hydrogen-bond donors (Lipinski definition) is 1. The Bertz CT molecular complexity index is 636. The average molecular weight is 317 g/mol. The average Bonchev–Trinajstić information content (AvgIpc) is 3.18. The Morgan fingerprint density at radius 2 is 2.30 bits per heavy atom. The van der Waals surface area contributed by atoms with Gasteiger partial charge in [0.25, 0.3) is 0 Å². The van der Waals surface area contributed by atoms with E-state index in [0.29, 0.717) is 32.1 Å². The summed E-state index contributed by atoms with van der Waals surface area (Å²) in [5, 5.41) is 2.54.